The van der Waals surface area contributed by atoms with E-state index in [1.165, 1.54) is 0 Å². The molecule has 0 aromatic rings. The van der Waals surface area contributed by atoms with Crippen LogP contribution in [0, 0.1) is 15.3 Å². The maximum absolute atomic E-state index is 8.25. The Morgan fingerprint density at radius 3 is 1.44 bits per heavy atom. The Balaban J connectivity index is -0.0000000720. The number of rotatable bonds is 0. The van der Waals surface area contributed by atoms with Crippen LogP contribution in [0.25, 0.3) is 0 Å². The second kappa shape index (κ2) is 11.1. The molecule has 0 unspecified atom stereocenters. The Morgan fingerprint density at radius 1 is 1.44 bits per heavy atom. The number of hydrogen-bond donors (Lipinski definition) is 1. The summed E-state index contributed by atoms with van der Waals surface area (Å²) in [6.45, 7) is 3.44. The van der Waals surface area contributed by atoms with Gasteiger partial charge >= 0.3 is 0 Å². The van der Waals surface area contributed by atoms with E-state index in [-0.39, 0.29) is 38.8 Å². The van der Waals surface area contributed by atoms with E-state index in [1.54, 1.807) is 13.8 Å². The zero-order valence-corrected chi connectivity index (χ0v) is 8.11. The first-order valence-corrected chi connectivity index (χ1v) is 1.96. The third-order valence-electron chi connectivity index (χ3n) is 0. The first-order chi connectivity index (χ1) is 3.46. The van der Waals surface area contributed by atoms with Gasteiger partial charge in [-0.05, 0) is 13.8 Å². The molecule has 0 atom stereocenters. The number of nitrogens with zero attached hydrogens (tertiary/aromatic N) is 1. The van der Waals surface area contributed by atoms with Gasteiger partial charge in [0.25, 0.3) is 0 Å². The standard InChI is InChI=1S/C3H8O.NO3.Y/c1-3(2)4;2-1(3)4;/h3-4H,1-2H3;;/q;-1;. The summed E-state index contributed by atoms with van der Waals surface area (Å²) < 4.78 is 0. The Morgan fingerprint density at radius 2 is 1.44 bits per heavy atom. The maximum atomic E-state index is 8.25. The van der Waals surface area contributed by atoms with E-state index in [4.69, 9.17) is 20.4 Å². The molecule has 0 aromatic heterocycles. The van der Waals surface area contributed by atoms with Crippen LogP contribution in [0.4, 0.5) is 0 Å². The third-order valence-corrected chi connectivity index (χ3v) is 0. The fourth-order valence-corrected chi connectivity index (χ4v) is 0. The Kier molecular flexibility index (Phi) is 19.9. The average Bonchev–Trinajstić information content (AvgIpc) is 1.25. The van der Waals surface area contributed by atoms with E-state index in [0.717, 1.165) is 0 Å². The van der Waals surface area contributed by atoms with Crippen LogP contribution in [0.1, 0.15) is 13.8 Å². The minimum Gasteiger partial charge on any atom is -0.394 e. The van der Waals surface area contributed by atoms with Crippen molar-refractivity contribution in [3.63, 3.8) is 0 Å². The molecule has 0 bridgehead atoms. The minimum absolute atomic E-state index is 0. The molecule has 0 aliphatic carbocycles. The van der Waals surface area contributed by atoms with Gasteiger partial charge in [-0.3, -0.25) is 0 Å². The van der Waals surface area contributed by atoms with Crippen LogP contribution in [0.3, 0.4) is 0 Å². The van der Waals surface area contributed by atoms with Crippen molar-refractivity contribution in [2.75, 3.05) is 0 Å². The molecule has 0 saturated carbocycles. The van der Waals surface area contributed by atoms with E-state index in [2.05, 4.69) is 0 Å². The number of aliphatic hydroxyl groups excluding tert-OH is 1. The van der Waals surface area contributed by atoms with Gasteiger partial charge in [0.05, 0.1) is 5.09 Å². The summed E-state index contributed by atoms with van der Waals surface area (Å²) >= 11 is 0. The zero-order valence-electron chi connectivity index (χ0n) is 5.27. The number of hydrogen-bond acceptors (Lipinski definition) is 4. The summed E-state index contributed by atoms with van der Waals surface area (Å²) in [6.07, 6.45) is -0.167. The van der Waals surface area contributed by atoms with Crippen LogP contribution in [-0.2, 0) is 32.7 Å². The van der Waals surface area contributed by atoms with Crippen molar-refractivity contribution in [1.82, 2.24) is 0 Å². The molecule has 0 aromatic carbocycles. The fraction of sp³-hybridized carbons (Fsp3) is 1.00. The topological polar surface area (TPSA) is 86.4 Å². The Bertz CT molecular complexity index is 60.1. The van der Waals surface area contributed by atoms with Crippen LogP contribution < -0.4 is 0 Å². The predicted octanol–water partition coefficient (Wildman–Crippen LogP) is 0.145. The van der Waals surface area contributed by atoms with Crippen molar-refractivity contribution in [2.24, 2.45) is 0 Å². The molecular formula is C3H8NO4Y-. The average molecular weight is 211 g/mol. The van der Waals surface area contributed by atoms with Gasteiger partial charge in [0.15, 0.2) is 0 Å². The first kappa shape index (κ1) is 16.1. The van der Waals surface area contributed by atoms with E-state index < -0.39 is 5.09 Å². The van der Waals surface area contributed by atoms with E-state index >= 15 is 0 Å². The minimum atomic E-state index is -1.75. The van der Waals surface area contributed by atoms with Gasteiger partial charge in [-0.1, -0.05) is 0 Å². The van der Waals surface area contributed by atoms with Crippen LogP contribution in [0.5, 0.6) is 0 Å². The molecule has 0 aliphatic rings. The van der Waals surface area contributed by atoms with Crippen LogP contribution in [-0.4, -0.2) is 16.3 Å². The van der Waals surface area contributed by atoms with Crippen molar-refractivity contribution in [3.05, 3.63) is 15.3 Å². The molecule has 9 heavy (non-hydrogen) atoms. The molecule has 5 nitrogen and oxygen atoms in total. The molecule has 0 spiro atoms. The molecular weight excluding hydrogens is 203 g/mol. The molecule has 1 radical (unpaired) electrons. The SMILES string of the molecule is CC(C)O.O=[N+]([O-])[O-].[Y]. The van der Waals surface area contributed by atoms with Crippen molar-refractivity contribution in [3.8, 4) is 0 Å². The summed E-state index contributed by atoms with van der Waals surface area (Å²) in [5.74, 6) is 0. The maximum Gasteiger partial charge on any atom is 0.0689 e. The molecule has 0 aliphatic heterocycles. The van der Waals surface area contributed by atoms with Crippen molar-refractivity contribution in [2.45, 2.75) is 20.0 Å². The first-order valence-electron chi connectivity index (χ1n) is 1.96. The molecule has 0 rings (SSSR count). The second-order valence-electron chi connectivity index (χ2n) is 1.32. The van der Waals surface area contributed by atoms with Gasteiger partial charge in [-0.15, -0.1) is 0 Å². The molecule has 6 heteroatoms. The monoisotopic (exact) mass is 211 g/mol. The van der Waals surface area contributed by atoms with Crippen LogP contribution >= 0.6 is 0 Å². The van der Waals surface area contributed by atoms with Gasteiger partial charge in [0.2, 0.25) is 0 Å². The van der Waals surface area contributed by atoms with Gasteiger partial charge in [-0.2, -0.15) is 0 Å². The van der Waals surface area contributed by atoms with Gasteiger partial charge in [0, 0.05) is 38.8 Å². The van der Waals surface area contributed by atoms with Gasteiger partial charge in [0.1, 0.15) is 0 Å². The zero-order chi connectivity index (χ0) is 7.15. The molecule has 1 N–H and O–H groups in total. The molecule has 0 saturated heterocycles. The smallest absolute Gasteiger partial charge is 0.0689 e. The van der Waals surface area contributed by atoms with Crippen LogP contribution in [0.15, 0.2) is 0 Å². The van der Waals surface area contributed by atoms with Gasteiger partial charge < -0.3 is 20.4 Å². The Labute approximate surface area is 78.1 Å². The van der Waals surface area contributed by atoms with Crippen molar-refractivity contribution >= 4 is 0 Å². The van der Waals surface area contributed by atoms with E-state index in [1.807, 2.05) is 0 Å². The summed E-state index contributed by atoms with van der Waals surface area (Å²) in [5.41, 5.74) is 0. The van der Waals surface area contributed by atoms with Crippen molar-refractivity contribution in [1.29, 1.82) is 0 Å². The van der Waals surface area contributed by atoms with E-state index in [9.17, 15) is 0 Å². The molecule has 0 amide bonds. The fourth-order valence-electron chi connectivity index (χ4n) is 0. The van der Waals surface area contributed by atoms with Crippen LogP contribution in [0.2, 0.25) is 0 Å². The van der Waals surface area contributed by atoms with E-state index in [0.29, 0.717) is 0 Å². The summed E-state index contributed by atoms with van der Waals surface area (Å²) in [5, 5.41) is 22.8. The summed E-state index contributed by atoms with van der Waals surface area (Å²) in [7, 11) is 0. The third kappa shape index (κ3) is 4660. The molecule has 0 heterocycles. The number of aliphatic hydroxyl groups is 1. The molecule has 53 valence electrons. The summed E-state index contributed by atoms with van der Waals surface area (Å²) in [4.78, 5) is 8.25. The predicted molar refractivity (Wildman–Crippen MR) is 27.7 cm³/mol. The normalized spacial score (nSPS) is 6.67. The molecule has 0 fully saturated rings. The van der Waals surface area contributed by atoms with Gasteiger partial charge in [-0.25, -0.2) is 0 Å². The van der Waals surface area contributed by atoms with Crippen molar-refractivity contribution < 1.29 is 42.9 Å². The second-order valence-corrected chi connectivity index (χ2v) is 1.32. The quantitative estimate of drug-likeness (QED) is 0.456. The summed E-state index contributed by atoms with van der Waals surface area (Å²) in [6, 6.07) is 0. The largest absolute Gasteiger partial charge is 0.394 e. The Hall–Kier alpha value is 0.264.